The van der Waals surface area contributed by atoms with Crippen molar-refractivity contribution in [2.75, 3.05) is 18.5 Å². The average molecular weight is 535 g/mol. The second kappa shape index (κ2) is 10.1. The highest BCUT2D eigenvalue weighted by Gasteiger charge is 2.61. The molecule has 0 radical (unpaired) electrons. The van der Waals surface area contributed by atoms with Crippen LogP contribution in [0.15, 0.2) is 60.7 Å². The molecular formula is C29H24Cl2N2O4. The highest BCUT2D eigenvalue weighted by atomic mass is 35.5. The molecule has 2 aliphatic rings. The van der Waals surface area contributed by atoms with Crippen LogP contribution in [-0.4, -0.2) is 30.1 Å². The van der Waals surface area contributed by atoms with Crippen molar-refractivity contribution in [3.05, 3.63) is 93.0 Å². The van der Waals surface area contributed by atoms with Crippen molar-refractivity contribution >= 4 is 40.7 Å². The number of halogens is 2. The van der Waals surface area contributed by atoms with Gasteiger partial charge in [0.2, 0.25) is 11.8 Å². The molecule has 2 heterocycles. The number of nitrogens with one attached hydrogen (secondary N) is 2. The van der Waals surface area contributed by atoms with E-state index in [2.05, 4.69) is 22.5 Å². The maximum Gasteiger partial charge on any atom is 0.238 e. The molecule has 1 saturated heterocycles. The molecule has 5 rings (SSSR count). The van der Waals surface area contributed by atoms with E-state index in [4.69, 9.17) is 27.9 Å². The Morgan fingerprint density at radius 3 is 2.65 bits per heavy atom. The van der Waals surface area contributed by atoms with E-state index in [1.54, 1.807) is 43.3 Å². The molecule has 188 valence electrons. The number of hydrogen-bond acceptors (Lipinski definition) is 4. The molecule has 2 amide bonds. The van der Waals surface area contributed by atoms with Crippen molar-refractivity contribution in [1.82, 2.24) is 5.32 Å². The third kappa shape index (κ3) is 4.34. The van der Waals surface area contributed by atoms with Crippen molar-refractivity contribution in [3.8, 4) is 17.6 Å². The lowest BCUT2D eigenvalue weighted by molar-refractivity contribution is -0.131. The SMILES string of the molecule is CC#Cc1ccc(OCCO)c(C2NC(=O)CC(c3cccc(Cl)c3)C23C(=O)Nc2cc(Cl)ccc23)c1. The predicted octanol–water partition coefficient (Wildman–Crippen LogP) is 4.97. The summed E-state index contributed by atoms with van der Waals surface area (Å²) in [6, 6.07) is 17.1. The van der Waals surface area contributed by atoms with Crippen molar-refractivity contribution in [2.45, 2.75) is 30.7 Å². The zero-order chi connectivity index (χ0) is 26.2. The molecule has 0 bridgehead atoms. The van der Waals surface area contributed by atoms with E-state index in [9.17, 15) is 14.7 Å². The number of anilines is 1. The number of ether oxygens (including phenoxy) is 1. The first-order valence-electron chi connectivity index (χ1n) is 11.8. The Labute approximate surface area is 224 Å². The molecule has 1 fully saturated rings. The smallest absolute Gasteiger partial charge is 0.238 e. The minimum absolute atomic E-state index is 0.0512. The molecule has 3 aromatic rings. The number of carbonyl (C=O) groups is 2. The van der Waals surface area contributed by atoms with Crippen LogP contribution in [0.25, 0.3) is 0 Å². The van der Waals surface area contributed by atoms with E-state index < -0.39 is 17.4 Å². The summed E-state index contributed by atoms with van der Waals surface area (Å²) in [5, 5.41) is 16.5. The molecule has 1 spiro atoms. The van der Waals surface area contributed by atoms with Gasteiger partial charge in [-0.05, 0) is 60.5 Å². The number of hydrogen-bond donors (Lipinski definition) is 3. The number of piperidine rings is 1. The van der Waals surface area contributed by atoms with Crippen LogP contribution in [0.2, 0.25) is 10.0 Å². The number of amides is 2. The Kier molecular flexibility index (Phi) is 6.87. The highest BCUT2D eigenvalue weighted by molar-refractivity contribution is 6.31. The minimum atomic E-state index is -1.24. The van der Waals surface area contributed by atoms with Gasteiger partial charge >= 0.3 is 0 Å². The van der Waals surface area contributed by atoms with Gasteiger partial charge < -0.3 is 20.5 Å². The van der Waals surface area contributed by atoms with Gasteiger partial charge in [0.25, 0.3) is 0 Å². The number of aliphatic hydroxyl groups excluding tert-OH is 1. The minimum Gasteiger partial charge on any atom is -0.491 e. The van der Waals surface area contributed by atoms with Crippen molar-refractivity contribution in [2.24, 2.45) is 0 Å². The van der Waals surface area contributed by atoms with Crippen LogP contribution in [-0.2, 0) is 15.0 Å². The maximum atomic E-state index is 14.2. The first-order valence-corrected chi connectivity index (χ1v) is 12.6. The second-order valence-corrected chi connectivity index (χ2v) is 9.90. The Balaban J connectivity index is 1.81. The monoisotopic (exact) mass is 534 g/mol. The fraction of sp³-hybridized carbons (Fsp3) is 0.241. The van der Waals surface area contributed by atoms with E-state index in [-0.39, 0.29) is 31.4 Å². The van der Waals surface area contributed by atoms with Gasteiger partial charge in [-0.3, -0.25) is 9.59 Å². The molecule has 3 aromatic carbocycles. The fourth-order valence-electron chi connectivity index (χ4n) is 5.55. The van der Waals surface area contributed by atoms with Crippen LogP contribution >= 0.6 is 23.2 Å². The van der Waals surface area contributed by atoms with E-state index in [0.717, 1.165) is 11.1 Å². The Hall–Kier alpha value is -3.50. The molecule has 3 unspecified atom stereocenters. The lowest BCUT2D eigenvalue weighted by Gasteiger charge is -2.46. The lowest BCUT2D eigenvalue weighted by atomic mass is 9.59. The summed E-state index contributed by atoms with van der Waals surface area (Å²) in [7, 11) is 0. The summed E-state index contributed by atoms with van der Waals surface area (Å²) >= 11 is 12.7. The molecule has 3 atom stereocenters. The molecular weight excluding hydrogens is 511 g/mol. The molecule has 2 aliphatic heterocycles. The van der Waals surface area contributed by atoms with Crippen LogP contribution in [0.4, 0.5) is 5.69 Å². The first kappa shape index (κ1) is 25.2. The quantitative estimate of drug-likeness (QED) is 0.403. The summed E-state index contributed by atoms with van der Waals surface area (Å²) in [5.41, 5.74) is 2.14. The molecule has 3 N–H and O–H groups in total. The standard InChI is InChI=1S/C29H24Cl2N2O4/c1-2-4-17-7-10-25(37-12-11-34)21(13-17)27-29(22-9-8-20(31)15-24(22)32-28(29)36)23(16-26(35)33-27)18-5-3-6-19(30)14-18/h3,5-10,13-15,23,27,34H,11-12,16H2,1H3,(H,32,36)(H,33,35). The number of benzene rings is 3. The summed E-state index contributed by atoms with van der Waals surface area (Å²) in [4.78, 5) is 27.4. The molecule has 37 heavy (non-hydrogen) atoms. The lowest BCUT2D eigenvalue weighted by Crippen LogP contribution is -2.57. The topological polar surface area (TPSA) is 87.7 Å². The van der Waals surface area contributed by atoms with E-state index in [1.807, 2.05) is 24.3 Å². The van der Waals surface area contributed by atoms with E-state index >= 15 is 0 Å². The number of fused-ring (bicyclic) bond motifs is 2. The van der Waals surface area contributed by atoms with Gasteiger partial charge in [0.1, 0.15) is 17.8 Å². The summed E-state index contributed by atoms with van der Waals surface area (Å²) in [5.74, 6) is 5.36. The van der Waals surface area contributed by atoms with Gasteiger partial charge in [-0.1, -0.05) is 47.3 Å². The summed E-state index contributed by atoms with van der Waals surface area (Å²) in [6.07, 6.45) is 0.0770. The molecule has 6 nitrogen and oxygen atoms in total. The third-order valence-electron chi connectivity index (χ3n) is 6.94. The third-order valence-corrected chi connectivity index (χ3v) is 7.41. The van der Waals surface area contributed by atoms with Gasteiger partial charge in [-0.2, -0.15) is 0 Å². The van der Waals surface area contributed by atoms with Gasteiger partial charge in [0.15, 0.2) is 0 Å². The Morgan fingerprint density at radius 1 is 1.08 bits per heavy atom. The summed E-state index contributed by atoms with van der Waals surface area (Å²) in [6.45, 7) is 1.60. The highest BCUT2D eigenvalue weighted by Crippen LogP contribution is 2.58. The average Bonchev–Trinajstić information content (AvgIpc) is 3.15. The van der Waals surface area contributed by atoms with Crippen LogP contribution in [0.3, 0.4) is 0 Å². The van der Waals surface area contributed by atoms with Crippen LogP contribution in [0.1, 0.15) is 47.6 Å². The molecule has 0 aromatic heterocycles. The van der Waals surface area contributed by atoms with Gasteiger partial charge in [-0.15, -0.1) is 5.92 Å². The van der Waals surface area contributed by atoms with Crippen LogP contribution in [0.5, 0.6) is 5.75 Å². The Morgan fingerprint density at radius 2 is 1.89 bits per heavy atom. The number of carbonyl (C=O) groups excluding carboxylic acids is 2. The van der Waals surface area contributed by atoms with Gasteiger partial charge in [0, 0.05) is 39.2 Å². The second-order valence-electron chi connectivity index (χ2n) is 9.02. The van der Waals surface area contributed by atoms with Crippen molar-refractivity contribution < 1.29 is 19.4 Å². The van der Waals surface area contributed by atoms with Crippen LogP contribution < -0.4 is 15.4 Å². The number of aliphatic hydroxyl groups is 1. The first-order chi connectivity index (χ1) is 17.9. The van der Waals surface area contributed by atoms with Gasteiger partial charge in [0.05, 0.1) is 12.6 Å². The Bertz CT molecular complexity index is 1460. The molecule has 8 heteroatoms. The van der Waals surface area contributed by atoms with E-state index in [1.165, 1.54) is 0 Å². The fourth-order valence-corrected chi connectivity index (χ4v) is 5.92. The predicted molar refractivity (Wildman–Crippen MR) is 143 cm³/mol. The number of rotatable bonds is 5. The van der Waals surface area contributed by atoms with Gasteiger partial charge in [-0.25, -0.2) is 0 Å². The summed E-state index contributed by atoms with van der Waals surface area (Å²) < 4.78 is 5.89. The molecule has 0 aliphatic carbocycles. The normalized spacial score (nSPS) is 22.1. The maximum absolute atomic E-state index is 14.2. The zero-order valence-electron chi connectivity index (χ0n) is 20.0. The van der Waals surface area contributed by atoms with Crippen molar-refractivity contribution in [1.29, 1.82) is 0 Å². The van der Waals surface area contributed by atoms with E-state index in [0.29, 0.717) is 32.6 Å². The largest absolute Gasteiger partial charge is 0.491 e. The zero-order valence-corrected chi connectivity index (χ0v) is 21.5. The van der Waals surface area contributed by atoms with Crippen molar-refractivity contribution in [3.63, 3.8) is 0 Å². The molecule has 0 saturated carbocycles. The van der Waals surface area contributed by atoms with Crippen LogP contribution in [0, 0.1) is 11.8 Å².